The second-order valence-electron chi connectivity index (χ2n) is 6.06. The van der Waals surface area contributed by atoms with Crippen molar-refractivity contribution in [3.63, 3.8) is 0 Å². The van der Waals surface area contributed by atoms with Gasteiger partial charge in [-0.1, -0.05) is 50.5 Å². The van der Waals surface area contributed by atoms with Crippen molar-refractivity contribution in [3.8, 4) is 0 Å². The summed E-state index contributed by atoms with van der Waals surface area (Å²) in [5.74, 6) is -0.298. The summed E-state index contributed by atoms with van der Waals surface area (Å²) in [7, 11) is 0. The molecule has 0 radical (unpaired) electrons. The molecule has 1 aliphatic rings. The minimum atomic E-state index is -0.764. The van der Waals surface area contributed by atoms with Crippen LogP contribution in [0.5, 0.6) is 0 Å². The predicted octanol–water partition coefficient (Wildman–Crippen LogP) is 2.87. The van der Waals surface area contributed by atoms with Crippen LogP contribution in [0, 0.1) is 0 Å². The summed E-state index contributed by atoms with van der Waals surface area (Å²) in [4.78, 5) is 12.0. The largest absolute Gasteiger partial charge is 0.368 e. The van der Waals surface area contributed by atoms with E-state index in [1.54, 1.807) is 0 Å². The van der Waals surface area contributed by atoms with Crippen molar-refractivity contribution in [1.29, 1.82) is 0 Å². The van der Waals surface area contributed by atoms with Gasteiger partial charge in [0.15, 0.2) is 0 Å². The van der Waals surface area contributed by atoms with Crippen LogP contribution in [0.15, 0.2) is 24.3 Å². The first-order valence-corrected chi connectivity index (χ1v) is 7.73. The standard InChI is InChI=1S/C17H26N2O/c1-3-6-13-9-11-14(12-10-13)17(2,16(18)20)19-15-7-4-5-8-15/h9-12,15,19H,3-8H2,1-2H3,(H2,18,20). The van der Waals surface area contributed by atoms with Gasteiger partial charge in [0.25, 0.3) is 0 Å². The summed E-state index contributed by atoms with van der Waals surface area (Å²) in [5, 5.41) is 3.48. The number of carbonyl (C=O) groups excluding carboxylic acids is 1. The van der Waals surface area contributed by atoms with E-state index in [2.05, 4.69) is 24.4 Å². The third-order valence-corrected chi connectivity index (χ3v) is 4.41. The summed E-state index contributed by atoms with van der Waals surface area (Å²) in [5.41, 5.74) is 7.19. The van der Waals surface area contributed by atoms with Crippen LogP contribution < -0.4 is 11.1 Å². The fourth-order valence-electron chi connectivity index (χ4n) is 3.07. The number of nitrogens with two attached hydrogens (primary N) is 1. The maximum atomic E-state index is 12.0. The van der Waals surface area contributed by atoms with Crippen molar-refractivity contribution in [3.05, 3.63) is 35.4 Å². The summed E-state index contributed by atoms with van der Waals surface area (Å²) < 4.78 is 0. The average molecular weight is 274 g/mol. The molecule has 3 N–H and O–H groups in total. The van der Waals surface area contributed by atoms with Crippen LogP contribution in [-0.2, 0) is 16.8 Å². The predicted molar refractivity (Wildman–Crippen MR) is 82.4 cm³/mol. The molecule has 3 nitrogen and oxygen atoms in total. The minimum Gasteiger partial charge on any atom is -0.368 e. The quantitative estimate of drug-likeness (QED) is 0.838. The molecular formula is C17H26N2O. The average Bonchev–Trinajstić information content (AvgIpc) is 2.92. The smallest absolute Gasteiger partial charge is 0.242 e. The first kappa shape index (κ1) is 15.0. The number of hydrogen-bond acceptors (Lipinski definition) is 2. The molecule has 1 fully saturated rings. The van der Waals surface area contributed by atoms with Gasteiger partial charge in [0.05, 0.1) is 0 Å². The molecular weight excluding hydrogens is 248 g/mol. The van der Waals surface area contributed by atoms with Crippen LogP contribution in [0.4, 0.5) is 0 Å². The highest BCUT2D eigenvalue weighted by molar-refractivity contribution is 5.85. The molecule has 0 heterocycles. The van der Waals surface area contributed by atoms with E-state index in [0.717, 1.165) is 31.2 Å². The van der Waals surface area contributed by atoms with E-state index in [-0.39, 0.29) is 5.91 Å². The SMILES string of the molecule is CCCc1ccc(C(C)(NC2CCCC2)C(N)=O)cc1. The van der Waals surface area contributed by atoms with Crippen LogP contribution in [-0.4, -0.2) is 11.9 Å². The highest BCUT2D eigenvalue weighted by atomic mass is 16.1. The summed E-state index contributed by atoms with van der Waals surface area (Å²) >= 11 is 0. The van der Waals surface area contributed by atoms with Gasteiger partial charge in [0.1, 0.15) is 5.54 Å². The second-order valence-corrected chi connectivity index (χ2v) is 6.06. The monoisotopic (exact) mass is 274 g/mol. The van der Waals surface area contributed by atoms with E-state index >= 15 is 0 Å². The van der Waals surface area contributed by atoms with E-state index in [4.69, 9.17) is 5.73 Å². The van der Waals surface area contributed by atoms with E-state index < -0.39 is 5.54 Å². The molecule has 1 aromatic rings. The molecule has 3 heteroatoms. The molecule has 0 spiro atoms. The first-order valence-electron chi connectivity index (χ1n) is 7.73. The number of carbonyl (C=O) groups is 1. The van der Waals surface area contributed by atoms with Gasteiger partial charge in [0, 0.05) is 6.04 Å². The van der Waals surface area contributed by atoms with Crippen LogP contribution >= 0.6 is 0 Å². The Hall–Kier alpha value is -1.35. The number of primary amides is 1. The second kappa shape index (κ2) is 6.40. The van der Waals surface area contributed by atoms with E-state index in [1.807, 2.05) is 19.1 Å². The van der Waals surface area contributed by atoms with Gasteiger partial charge in [-0.25, -0.2) is 0 Å². The van der Waals surface area contributed by atoms with Gasteiger partial charge < -0.3 is 5.73 Å². The zero-order valence-electron chi connectivity index (χ0n) is 12.6. The number of benzene rings is 1. The fourth-order valence-corrected chi connectivity index (χ4v) is 3.07. The molecule has 1 aromatic carbocycles. The maximum Gasteiger partial charge on any atom is 0.242 e. The molecule has 2 rings (SSSR count). The highest BCUT2D eigenvalue weighted by Gasteiger charge is 2.35. The Labute approximate surface area is 121 Å². The zero-order valence-corrected chi connectivity index (χ0v) is 12.6. The first-order chi connectivity index (χ1) is 9.56. The van der Waals surface area contributed by atoms with Crippen molar-refractivity contribution in [1.82, 2.24) is 5.32 Å². The molecule has 0 aliphatic heterocycles. The number of aryl methyl sites for hydroxylation is 1. The number of rotatable bonds is 6. The molecule has 1 amide bonds. The van der Waals surface area contributed by atoms with Gasteiger partial charge in [-0.15, -0.1) is 0 Å². The number of amides is 1. The molecule has 110 valence electrons. The molecule has 20 heavy (non-hydrogen) atoms. The Kier molecular flexibility index (Phi) is 4.81. The van der Waals surface area contributed by atoms with Crippen LogP contribution in [0.2, 0.25) is 0 Å². The Morgan fingerprint density at radius 3 is 2.40 bits per heavy atom. The Morgan fingerprint density at radius 2 is 1.90 bits per heavy atom. The van der Waals surface area contributed by atoms with Gasteiger partial charge in [-0.05, 0) is 37.3 Å². The number of hydrogen-bond donors (Lipinski definition) is 2. The van der Waals surface area contributed by atoms with Crippen molar-refractivity contribution in [2.24, 2.45) is 5.73 Å². The third kappa shape index (κ3) is 3.21. The van der Waals surface area contributed by atoms with Crippen LogP contribution in [0.3, 0.4) is 0 Å². The zero-order chi connectivity index (χ0) is 14.6. The molecule has 1 aliphatic carbocycles. The van der Waals surface area contributed by atoms with Crippen molar-refractivity contribution < 1.29 is 4.79 Å². The molecule has 0 bridgehead atoms. The maximum absolute atomic E-state index is 12.0. The van der Waals surface area contributed by atoms with Crippen molar-refractivity contribution in [2.45, 2.75) is 64.0 Å². The summed E-state index contributed by atoms with van der Waals surface area (Å²) in [6.07, 6.45) is 6.95. The van der Waals surface area contributed by atoms with Gasteiger partial charge in [-0.2, -0.15) is 0 Å². The van der Waals surface area contributed by atoms with Gasteiger partial charge in [-0.3, -0.25) is 10.1 Å². The normalized spacial score (nSPS) is 18.9. The Morgan fingerprint density at radius 1 is 1.30 bits per heavy atom. The van der Waals surface area contributed by atoms with Gasteiger partial charge in [0.2, 0.25) is 5.91 Å². The van der Waals surface area contributed by atoms with Crippen molar-refractivity contribution >= 4 is 5.91 Å². The van der Waals surface area contributed by atoms with E-state index in [0.29, 0.717) is 6.04 Å². The van der Waals surface area contributed by atoms with Crippen LogP contribution in [0.25, 0.3) is 0 Å². The Balaban J connectivity index is 2.19. The van der Waals surface area contributed by atoms with Crippen molar-refractivity contribution in [2.75, 3.05) is 0 Å². The molecule has 0 saturated heterocycles. The summed E-state index contributed by atoms with van der Waals surface area (Å²) in [6.45, 7) is 4.07. The lowest BCUT2D eigenvalue weighted by Crippen LogP contribution is -2.53. The summed E-state index contributed by atoms with van der Waals surface area (Å²) in [6, 6.07) is 8.70. The molecule has 0 aromatic heterocycles. The lowest BCUT2D eigenvalue weighted by Gasteiger charge is -2.31. The van der Waals surface area contributed by atoms with E-state index in [9.17, 15) is 4.79 Å². The topological polar surface area (TPSA) is 55.1 Å². The molecule has 1 atom stereocenters. The lowest BCUT2D eigenvalue weighted by molar-refractivity contribution is -0.124. The molecule has 1 saturated carbocycles. The third-order valence-electron chi connectivity index (χ3n) is 4.41. The highest BCUT2D eigenvalue weighted by Crippen LogP contribution is 2.26. The number of nitrogens with one attached hydrogen (secondary N) is 1. The minimum absolute atomic E-state index is 0.298. The Bertz CT molecular complexity index is 449. The van der Waals surface area contributed by atoms with E-state index in [1.165, 1.54) is 18.4 Å². The van der Waals surface area contributed by atoms with Gasteiger partial charge >= 0.3 is 0 Å². The lowest BCUT2D eigenvalue weighted by atomic mass is 9.89. The fraction of sp³-hybridized carbons (Fsp3) is 0.588. The molecule has 1 unspecified atom stereocenters. The van der Waals surface area contributed by atoms with Crippen LogP contribution in [0.1, 0.15) is 57.1 Å².